The molecule has 0 bridgehead atoms. The maximum Gasteiger partial charge on any atom is 0.178 e. The molecule has 122 valence electrons. The van der Waals surface area contributed by atoms with Gasteiger partial charge < -0.3 is 4.74 Å². The number of halogens is 1. The van der Waals surface area contributed by atoms with Crippen LogP contribution in [0.4, 0.5) is 0 Å². The predicted molar refractivity (Wildman–Crippen MR) is 91.8 cm³/mol. The number of rotatable bonds is 4. The van der Waals surface area contributed by atoms with Crippen molar-refractivity contribution in [2.24, 2.45) is 5.41 Å². The van der Waals surface area contributed by atoms with Gasteiger partial charge in [0.25, 0.3) is 0 Å². The molecule has 24 heavy (non-hydrogen) atoms. The number of Topliss-reactive ketones (excluding diaryl/α,β-unsaturated/α-hetero) is 2. The van der Waals surface area contributed by atoms with Gasteiger partial charge in [0.2, 0.25) is 0 Å². The van der Waals surface area contributed by atoms with Gasteiger partial charge in [-0.25, -0.2) is 0 Å². The van der Waals surface area contributed by atoms with Crippen LogP contribution in [-0.2, 0) is 4.74 Å². The Labute approximate surface area is 145 Å². The molecule has 0 amide bonds. The molecule has 2 aromatic rings. The molecule has 1 aliphatic heterocycles. The standard InChI is InChI=1S/C20H17ClO3/c1-2-20(18(22)14-8-3-4-9-15(14)19(20)23)17(16-11-24-16)12-6-5-7-13(21)10-12/h3-10,16-17H,2,11H2,1H3. The molecule has 0 aromatic heterocycles. The highest BCUT2D eigenvalue weighted by Gasteiger charge is 2.60. The molecule has 2 aromatic carbocycles. The number of hydrogen-bond donors (Lipinski definition) is 0. The minimum absolute atomic E-state index is 0.0916. The van der Waals surface area contributed by atoms with E-state index in [2.05, 4.69) is 0 Å². The van der Waals surface area contributed by atoms with Gasteiger partial charge in [-0.1, -0.05) is 54.9 Å². The van der Waals surface area contributed by atoms with Gasteiger partial charge in [-0.2, -0.15) is 0 Å². The second kappa shape index (κ2) is 5.54. The summed E-state index contributed by atoms with van der Waals surface area (Å²) in [5.41, 5.74) is 0.839. The zero-order valence-corrected chi connectivity index (χ0v) is 14.0. The van der Waals surface area contributed by atoms with Crippen LogP contribution >= 0.6 is 11.6 Å². The van der Waals surface area contributed by atoms with Crippen LogP contribution in [0.3, 0.4) is 0 Å². The Balaban J connectivity index is 1.91. The Kier molecular flexibility index (Phi) is 3.59. The van der Waals surface area contributed by atoms with E-state index in [9.17, 15) is 9.59 Å². The lowest BCUT2D eigenvalue weighted by molar-refractivity contribution is 0.0615. The van der Waals surface area contributed by atoms with Crippen LogP contribution in [0.1, 0.15) is 45.5 Å². The van der Waals surface area contributed by atoms with Crippen LogP contribution in [0.2, 0.25) is 5.02 Å². The topological polar surface area (TPSA) is 46.7 Å². The largest absolute Gasteiger partial charge is 0.372 e. The second-order valence-electron chi connectivity index (χ2n) is 6.43. The molecular weight excluding hydrogens is 324 g/mol. The molecule has 1 aliphatic carbocycles. The quantitative estimate of drug-likeness (QED) is 0.616. The Hall–Kier alpha value is -1.97. The van der Waals surface area contributed by atoms with Crippen LogP contribution in [0, 0.1) is 5.41 Å². The molecule has 0 radical (unpaired) electrons. The van der Waals surface area contributed by atoms with E-state index < -0.39 is 5.41 Å². The molecule has 2 aliphatic rings. The summed E-state index contributed by atoms with van der Waals surface area (Å²) in [7, 11) is 0. The molecular formula is C20H17ClO3. The average Bonchev–Trinajstić information content (AvgIpc) is 3.40. The summed E-state index contributed by atoms with van der Waals surface area (Å²) in [5.74, 6) is -0.495. The summed E-state index contributed by atoms with van der Waals surface area (Å²) in [6.45, 7) is 2.47. The summed E-state index contributed by atoms with van der Waals surface area (Å²) in [4.78, 5) is 26.6. The Morgan fingerprint density at radius 3 is 2.25 bits per heavy atom. The van der Waals surface area contributed by atoms with Crippen LogP contribution in [0.15, 0.2) is 48.5 Å². The van der Waals surface area contributed by atoms with Gasteiger partial charge in [0, 0.05) is 22.1 Å². The van der Waals surface area contributed by atoms with Crippen LogP contribution < -0.4 is 0 Å². The van der Waals surface area contributed by atoms with Crippen molar-refractivity contribution in [3.63, 3.8) is 0 Å². The van der Waals surface area contributed by atoms with Crippen LogP contribution in [0.5, 0.6) is 0 Å². The third kappa shape index (κ3) is 2.08. The number of hydrogen-bond acceptors (Lipinski definition) is 3. The lowest BCUT2D eigenvalue weighted by Crippen LogP contribution is -2.41. The van der Waals surface area contributed by atoms with Crippen molar-refractivity contribution in [3.05, 3.63) is 70.2 Å². The minimum atomic E-state index is -1.10. The first-order valence-electron chi connectivity index (χ1n) is 8.15. The van der Waals surface area contributed by atoms with E-state index in [0.717, 1.165) is 5.56 Å². The van der Waals surface area contributed by atoms with Crippen molar-refractivity contribution in [3.8, 4) is 0 Å². The van der Waals surface area contributed by atoms with Crippen LogP contribution in [0.25, 0.3) is 0 Å². The van der Waals surface area contributed by atoms with E-state index in [-0.39, 0.29) is 23.6 Å². The average molecular weight is 341 g/mol. The van der Waals surface area contributed by atoms with Gasteiger partial charge in [-0.15, -0.1) is 0 Å². The van der Waals surface area contributed by atoms with Crippen molar-refractivity contribution in [2.45, 2.75) is 25.4 Å². The summed E-state index contributed by atoms with van der Waals surface area (Å²) >= 11 is 6.16. The Morgan fingerprint density at radius 2 is 1.75 bits per heavy atom. The zero-order valence-electron chi connectivity index (χ0n) is 13.3. The number of benzene rings is 2. The lowest BCUT2D eigenvalue weighted by Gasteiger charge is -2.33. The fourth-order valence-electron chi connectivity index (χ4n) is 4.05. The molecule has 0 saturated carbocycles. The number of ether oxygens (including phenoxy) is 1. The van der Waals surface area contributed by atoms with Gasteiger partial charge in [-0.05, 0) is 24.1 Å². The molecule has 2 unspecified atom stereocenters. The Morgan fingerprint density at radius 1 is 1.12 bits per heavy atom. The van der Waals surface area contributed by atoms with E-state index in [1.807, 2.05) is 25.1 Å². The van der Waals surface area contributed by atoms with E-state index in [0.29, 0.717) is 29.2 Å². The fourth-order valence-corrected chi connectivity index (χ4v) is 4.25. The zero-order chi connectivity index (χ0) is 16.9. The molecule has 1 fully saturated rings. The van der Waals surface area contributed by atoms with Crippen LogP contribution in [-0.4, -0.2) is 24.3 Å². The fraction of sp³-hybridized carbons (Fsp3) is 0.300. The lowest BCUT2D eigenvalue weighted by atomic mass is 9.65. The van der Waals surface area contributed by atoms with E-state index in [1.54, 1.807) is 30.3 Å². The second-order valence-corrected chi connectivity index (χ2v) is 6.87. The van der Waals surface area contributed by atoms with Gasteiger partial charge in [0.05, 0.1) is 12.7 Å². The molecule has 4 rings (SSSR count). The summed E-state index contributed by atoms with van der Waals surface area (Å²) in [6, 6.07) is 14.5. The van der Waals surface area contributed by atoms with Crippen molar-refractivity contribution >= 4 is 23.2 Å². The van der Waals surface area contributed by atoms with E-state index in [1.165, 1.54) is 0 Å². The minimum Gasteiger partial charge on any atom is -0.372 e. The first-order valence-corrected chi connectivity index (χ1v) is 8.53. The number of ketones is 2. The highest BCUT2D eigenvalue weighted by atomic mass is 35.5. The molecule has 0 spiro atoms. The van der Waals surface area contributed by atoms with Crippen molar-refractivity contribution in [1.29, 1.82) is 0 Å². The molecule has 0 N–H and O–H groups in total. The number of carbonyl (C=O) groups is 2. The maximum atomic E-state index is 13.3. The van der Waals surface area contributed by atoms with E-state index in [4.69, 9.17) is 16.3 Å². The van der Waals surface area contributed by atoms with Gasteiger partial charge >= 0.3 is 0 Å². The first kappa shape index (κ1) is 15.6. The van der Waals surface area contributed by atoms with Gasteiger partial charge in [0.15, 0.2) is 11.6 Å². The van der Waals surface area contributed by atoms with Crippen molar-refractivity contribution in [1.82, 2.24) is 0 Å². The Bertz CT molecular complexity index is 803. The summed E-state index contributed by atoms with van der Waals surface area (Å²) < 4.78 is 5.55. The normalized spacial score (nSPS) is 22.3. The molecule has 1 saturated heterocycles. The molecule has 1 heterocycles. The molecule has 2 atom stereocenters. The third-order valence-corrected chi connectivity index (χ3v) is 5.49. The monoisotopic (exact) mass is 340 g/mol. The first-order chi connectivity index (χ1) is 11.6. The van der Waals surface area contributed by atoms with Crippen molar-refractivity contribution in [2.75, 3.05) is 6.61 Å². The predicted octanol–water partition coefficient (Wildman–Crippen LogP) is 4.30. The van der Waals surface area contributed by atoms with E-state index >= 15 is 0 Å². The van der Waals surface area contributed by atoms with Gasteiger partial charge in [-0.3, -0.25) is 9.59 Å². The number of carbonyl (C=O) groups excluding carboxylic acids is 2. The highest BCUT2D eigenvalue weighted by Crippen LogP contribution is 2.53. The summed E-state index contributed by atoms with van der Waals surface area (Å²) in [5, 5.41) is 0.597. The SMILES string of the molecule is CCC1(C(c2cccc(Cl)c2)C2CO2)C(=O)c2ccccc2C1=O. The van der Waals surface area contributed by atoms with Crippen molar-refractivity contribution < 1.29 is 14.3 Å². The molecule has 3 nitrogen and oxygen atoms in total. The van der Waals surface area contributed by atoms with Gasteiger partial charge in [0.1, 0.15) is 5.41 Å². The number of fused-ring (bicyclic) bond motifs is 1. The highest BCUT2D eigenvalue weighted by molar-refractivity contribution is 6.31. The number of epoxide rings is 1. The third-order valence-electron chi connectivity index (χ3n) is 5.25. The maximum absolute atomic E-state index is 13.3. The molecule has 4 heteroatoms. The summed E-state index contributed by atoms with van der Waals surface area (Å²) in [6.07, 6.45) is 0.321. The smallest absolute Gasteiger partial charge is 0.178 e.